The molecule has 0 bridgehead atoms. The molecule has 0 fully saturated rings. The first-order valence-corrected chi connectivity index (χ1v) is 2.80. The molecule has 2 nitrogen and oxygen atoms in total. The molecule has 0 amide bonds. The van der Waals surface area contributed by atoms with Crippen LogP contribution < -0.4 is 0 Å². The van der Waals surface area contributed by atoms with Gasteiger partial charge in [0.2, 0.25) is 0 Å². The molecule has 1 N–H and O–H groups in total. The van der Waals surface area contributed by atoms with Gasteiger partial charge in [-0.25, -0.2) is 0 Å². The van der Waals surface area contributed by atoms with Crippen LogP contribution in [-0.2, 0) is 0 Å². The fraction of sp³-hybridized carbons (Fsp3) is 0.833. The fourth-order valence-electron chi connectivity index (χ4n) is 0.351. The summed E-state index contributed by atoms with van der Waals surface area (Å²) in [5, 5.41) is 16.9. The highest BCUT2D eigenvalue weighted by molar-refractivity contribution is 4.85. The Labute approximate surface area is 49.8 Å². The van der Waals surface area contributed by atoms with Gasteiger partial charge in [-0.05, 0) is 5.92 Å². The Morgan fingerprint density at radius 2 is 2.25 bits per heavy atom. The molecule has 0 aliphatic heterocycles. The highest BCUT2D eigenvalue weighted by Crippen LogP contribution is 2.04. The number of rotatable bonds is 2. The molecule has 2 unspecified atom stereocenters. The lowest BCUT2D eigenvalue weighted by Gasteiger charge is -2.06. The Balaban J connectivity index is 3.49. The Hall–Kier alpha value is -0.550. The minimum absolute atomic E-state index is 0.111. The number of aliphatic hydroxyl groups excluding tert-OH is 1. The lowest BCUT2D eigenvalue weighted by atomic mass is 10.0. The first-order valence-electron chi connectivity index (χ1n) is 2.80. The van der Waals surface area contributed by atoms with Crippen LogP contribution in [0.2, 0.25) is 0 Å². The predicted molar refractivity (Wildman–Crippen MR) is 31.1 cm³/mol. The topological polar surface area (TPSA) is 44.0 Å². The smallest absolute Gasteiger partial charge is 0.143 e. The van der Waals surface area contributed by atoms with Crippen LogP contribution in [-0.4, -0.2) is 11.2 Å². The quantitative estimate of drug-likeness (QED) is 0.541. The zero-order valence-corrected chi connectivity index (χ0v) is 5.26. The maximum Gasteiger partial charge on any atom is 0.143 e. The second kappa shape index (κ2) is 3.45. The van der Waals surface area contributed by atoms with E-state index in [2.05, 4.69) is 0 Å². The third-order valence-electron chi connectivity index (χ3n) is 1.32. The van der Waals surface area contributed by atoms with Gasteiger partial charge in [-0.3, -0.25) is 0 Å². The van der Waals surface area contributed by atoms with Crippen LogP contribution in [0.5, 0.6) is 0 Å². The van der Waals surface area contributed by atoms with Crippen molar-refractivity contribution in [3.63, 3.8) is 0 Å². The van der Waals surface area contributed by atoms with Gasteiger partial charge in [-0.15, -0.1) is 0 Å². The van der Waals surface area contributed by atoms with Crippen molar-refractivity contribution in [1.82, 2.24) is 0 Å². The Bertz CT molecular complexity index is 95.2. The Morgan fingerprint density at radius 1 is 1.75 bits per heavy atom. The van der Waals surface area contributed by atoms with Crippen molar-refractivity contribution in [2.75, 3.05) is 0 Å². The molecule has 0 aromatic carbocycles. The van der Waals surface area contributed by atoms with E-state index in [0.29, 0.717) is 0 Å². The molecule has 46 valence electrons. The van der Waals surface area contributed by atoms with E-state index in [4.69, 9.17) is 10.4 Å². The number of hydrogen-bond donors (Lipinski definition) is 1. The van der Waals surface area contributed by atoms with Crippen molar-refractivity contribution in [3.05, 3.63) is 0 Å². The lowest BCUT2D eigenvalue weighted by Crippen LogP contribution is -2.13. The largest absolute Gasteiger partial charge is 0.378 e. The summed E-state index contributed by atoms with van der Waals surface area (Å²) in [6, 6.07) is 1.77. The van der Waals surface area contributed by atoms with Crippen LogP contribution in [0.15, 0.2) is 0 Å². The van der Waals surface area contributed by atoms with Crippen LogP contribution in [0, 0.1) is 17.2 Å². The molecule has 0 rings (SSSR count). The van der Waals surface area contributed by atoms with E-state index in [9.17, 15) is 0 Å². The van der Waals surface area contributed by atoms with Gasteiger partial charge >= 0.3 is 0 Å². The second-order valence-corrected chi connectivity index (χ2v) is 1.96. The molecule has 2 atom stereocenters. The van der Waals surface area contributed by atoms with E-state index in [1.54, 1.807) is 6.07 Å². The summed E-state index contributed by atoms with van der Waals surface area (Å²) in [5.74, 6) is 0.111. The lowest BCUT2D eigenvalue weighted by molar-refractivity contribution is 0.167. The average Bonchev–Trinajstić information content (AvgIpc) is 1.84. The van der Waals surface area contributed by atoms with Gasteiger partial charge in [0, 0.05) is 0 Å². The third-order valence-corrected chi connectivity index (χ3v) is 1.32. The van der Waals surface area contributed by atoms with Gasteiger partial charge in [0.15, 0.2) is 0 Å². The van der Waals surface area contributed by atoms with Gasteiger partial charge in [0.1, 0.15) is 6.10 Å². The molecule has 0 saturated heterocycles. The van der Waals surface area contributed by atoms with Crippen molar-refractivity contribution in [3.8, 4) is 6.07 Å². The highest BCUT2D eigenvalue weighted by atomic mass is 16.3. The van der Waals surface area contributed by atoms with Crippen molar-refractivity contribution in [1.29, 1.82) is 5.26 Å². The van der Waals surface area contributed by atoms with E-state index in [1.165, 1.54) is 0 Å². The summed E-state index contributed by atoms with van der Waals surface area (Å²) in [6.45, 7) is 3.80. The van der Waals surface area contributed by atoms with E-state index < -0.39 is 6.10 Å². The van der Waals surface area contributed by atoms with Gasteiger partial charge in [-0.2, -0.15) is 5.26 Å². The van der Waals surface area contributed by atoms with Gasteiger partial charge in [0.25, 0.3) is 0 Å². The molecular formula is C6H11NO. The number of aliphatic hydroxyl groups is 1. The molecule has 0 aliphatic rings. The summed E-state index contributed by atoms with van der Waals surface area (Å²) in [5.41, 5.74) is 0. The van der Waals surface area contributed by atoms with Crippen LogP contribution in [0.1, 0.15) is 20.3 Å². The minimum atomic E-state index is -0.778. The van der Waals surface area contributed by atoms with Gasteiger partial charge < -0.3 is 5.11 Å². The average molecular weight is 113 g/mol. The molecule has 0 saturated carbocycles. The van der Waals surface area contributed by atoms with E-state index in [0.717, 1.165) is 6.42 Å². The van der Waals surface area contributed by atoms with E-state index in [-0.39, 0.29) is 5.92 Å². The SMILES string of the molecule is CCC(C)C(O)C#N. The van der Waals surface area contributed by atoms with Gasteiger partial charge in [0.05, 0.1) is 6.07 Å². The summed E-state index contributed by atoms with van der Waals surface area (Å²) < 4.78 is 0. The highest BCUT2D eigenvalue weighted by Gasteiger charge is 2.08. The normalized spacial score (nSPS) is 16.8. The molecule has 2 heteroatoms. The number of nitriles is 1. The van der Waals surface area contributed by atoms with Crippen LogP contribution >= 0.6 is 0 Å². The van der Waals surface area contributed by atoms with Crippen LogP contribution in [0.25, 0.3) is 0 Å². The number of hydrogen-bond acceptors (Lipinski definition) is 2. The van der Waals surface area contributed by atoms with Crippen molar-refractivity contribution >= 4 is 0 Å². The molecule has 8 heavy (non-hydrogen) atoms. The van der Waals surface area contributed by atoms with Crippen LogP contribution in [0.4, 0.5) is 0 Å². The summed E-state index contributed by atoms with van der Waals surface area (Å²) in [7, 11) is 0. The zero-order valence-electron chi connectivity index (χ0n) is 5.26. The Kier molecular flexibility index (Phi) is 3.21. The number of nitrogens with zero attached hydrogens (tertiary/aromatic N) is 1. The molecular weight excluding hydrogens is 102 g/mol. The molecule has 0 aromatic rings. The van der Waals surface area contributed by atoms with Crippen molar-refractivity contribution in [2.24, 2.45) is 5.92 Å². The standard InChI is InChI=1S/C6H11NO/c1-3-5(2)6(8)4-7/h5-6,8H,3H2,1-2H3. The maximum atomic E-state index is 8.77. The molecule has 0 radical (unpaired) electrons. The van der Waals surface area contributed by atoms with E-state index >= 15 is 0 Å². The monoisotopic (exact) mass is 113 g/mol. The fourth-order valence-corrected chi connectivity index (χ4v) is 0.351. The summed E-state index contributed by atoms with van der Waals surface area (Å²) in [4.78, 5) is 0. The zero-order chi connectivity index (χ0) is 6.57. The molecule has 0 spiro atoms. The molecule has 0 aromatic heterocycles. The minimum Gasteiger partial charge on any atom is -0.378 e. The summed E-state index contributed by atoms with van der Waals surface area (Å²) >= 11 is 0. The molecule has 0 aliphatic carbocycles. The Morgan fingerprint density at radius 3 is 2.38 bits per heavy atom. The molecule has 0 heterocycles. The predicted octanol–water partition coefficient (Wildman–Crippen LogP) is 0.917. The maximum absolute atomic E-state index is 8.77. The van der Waals surface area contributed by atoms with E-state index in [1.807, 2.05) is 13.8 Å². The van der Waals surface area contributed by atoms with Crippen LogP contribution in [0.3, 0.4) is 0 Å². The van der Waals surface area contributed by atoms with Gasteiger partial charge in [-0.1, -0.05) is 20.3 Å². The third kappa shape index (κ3) is 1.94. The first kappa shape index (κ1) is 7.45. The second-order valence-electron chi connectivity index (χ2n) is 1.96. The first-order chi connectivity index (χ1) is 3.72. The van der Waals surface area contributed by atoms with Crippen molar-refractivity contribution in [2.45, 2.75) is 26.4 Å². The van der Waals surface area contributed by atoms with Crippen molar-refractivity contribution < 1.29 is 5.11 Å². The summed E-state index contributed by atoms with van der Waals surface area (Å²) in [6.07, 6.45) is 0.0781.